The van der Waals surface area contributed by atoms with E-state index in [0.29, 0.717) is 49.5 Å². The number of rotatable bonds is 5. The van der Waals surface area contributed by atoms with Crippen molar-refractivity contribution in [2.45, 2.75) is 25.2 Å². The largest absolute Gasteiger partial charge is 0.380 e. The lowest BCUT2D eigenvalue weighted by molar-refractivity contribution is 0.0998. The summed E-state index contributed by atoms with van der Waals surface area (Å²) < 4.78 is 35.3. The second kappa shape index (κ2) is 8.28. The fourth-order valence-electron chi connectivity index (χ4n) is 4.44. The van der Waals surface area contributed by atoms with Crippen molar-refractivity contribution in [2.75, 3.05) is 37.5 Å². The summed E-state index contributed by atoms with van der Waals surface area (Å²) in [6.07, 6.45) is 3.35. The van der Waals surface area contributed by atoms with Crippen LogP contribution in [-0.2, 0) is 27.7 Å². The lowest BCUT2D eigenvalue weighted by Gasteiger charge is -2.33. The van der Waals surface area contributed by atoms with Crippen LogP contribution in [0.2, 0.25) is 0 Å². The first-order valence-electron chi connectivity index (χ1n) is 10.1. The Labute approximate surface area is 176 Å². The molecule has 0 spiro atoms. The van der Waals surface area contributed by atoms with Gasteiger partial charge in [0, 0.05) is 24.2 Å². The molecule has 0 bridgehead atoms. The number of hydrogen-bond donors (Lipinski definition) is 1. The number of carbonyl (C=O) groups excluding carboxylic acids is 1. The zero-order chi connectivity index (χ0) is 21.3. The van der Waals surface area contributed by atoms with Gasteiger partial charge in [-0.05, 0) is 48.4 Å². The second-order valence-electron chi connectivity index (χ2n) is 7.83. The van der Waals surface area contributed by atoms with E-state index in [-0.39, 0.29) is 11.7 Å². The highest BCUT2D eigenvalue weighted by molar-refractivity contribution is 7.86. The Balaban J connectivity index is 1.86. The molecule has 7 nitrogen and oxygen atoms in total. The Morgan fingerprint density at radius 2 is 1.83 bits per heavy atom. The van der Waals surface area contributed by atoms with Gasteiger partial charge in [-0.2, -0.15) is 8.42 Å². The summed E-state index contributed by atoms with van der Waals surface area (Å²) in [5, 5.41) is 0. The van der Waals surface area contributed by atoms with Gasteiger partial charge in [-0.25, -0.2) is 0 Å². The summed E-state index contributed by atoms with van der Waals surface area (Å²) >= 11 is 0. The first-order chi connectivity index (χ1) is 14.3. The fourth-order valence-corrected chi connectivity index (χ4v) is 4.92. The molecule has 8 heteroatoms. The van der Waals surface area contributed by atoms with E-state index in [1.54, 1.807) is 12.1 Å². The van der Waals surface area contributed by atoms with Crippen molar-refractivity contribution in [1.82, 2.24) is 0 Å². The zero-order valence-corrected chi connectivity index (χ0v) is 17.8. The molecule has 160 valence electrons. The van der Waals surface area contributed by atoms with Crippen LogP contribution in [0.25, 0.3) is 0 Å². The van der Waals surface area contributed by atoms with Crippen molar-refractivity contribution in [2.24, 2.45) is 5.73 Å². The number of fused-ring (bicyclic) bond motifs is 1. The second-order valence-corrected chi connectivity index (χ2v) is 9.41. The van der Waals surface area contributed by atoms with Crippen LogP contribution < -0.4 is 14.8 Å². The van der Waals surface area contributed by atoms with Crippen molar-refractivity contribution < 1.29 is 22.1 Å². The van der Waals surface area contributed by atoms with Crippen LogP contribution in [0.1, 0.15) is 39.4 Å². The number of carbonyl (C=O) groups is 1. The van der Waals surface area contributed by atoms with Crippen molar-refractivity contribution >= 4 is 21.7 Å². The summed E-state index contributed by atoms with van der Waals surface area (Å²) in [5.41, 5.74) is 9.74. The molecule has 1 fully saturated rings. The molecule has 1 atom stereocenters. The minimum absolute atomic E-state index is 0.0693. The molecule has 1 heterocycles. The van der Waals surface area contributed by atoms with Gasteiger partial charge in [0.1, 0.15) is 0 Å². The highest BCUT2D eigenvalue weighted by Gasteiger charge is 2.31. The molecule has 0 aromatic heterocycles. The monoisotopic (exact) mass is 430 g/mol. The normalized spacial score (nSPS) is 19.2. The van der Waals surface area contributed by atoms with Gasteiger partial charge < -0.3 is 19.6 Å². The van der Waals surface area contributed by atoms with Crippen molar-refractivity contribution in [3.05, 3.63) is 58.7 Å². The predicted octanol–water partition coefficient (Wildman–Crippen LogP) is 2.23. The number of primary amides is 1. The van der Waals surface area contributed by atoms with Crippen LogP contribution in [0.5, 0.6) is 5.75 Å². The highest BCUT2D eigenvalue weighted by atomic mass is 32.2. The molecule has 1 amide bonds. The Morgan fingerprint density at radius 3 is 2.50 bits per heavy atom. The minimum atomic E-state index is -3.81. The third kappa shape index (κ3) is 4.29. The first-order valence-corrected chi connectivity index (χ1v) is 11.9. The van der Waals surface area contributed by atoms with Crippen molar-refractivity contribution in [1.29, 1.82) is 0 Å². The lowest BCUT2D eigenvalue weighted by Crippen LogP contribution is -2.37. The molecule has 1 unspecified atom stereocenters. The molecule has 1 aliphatic carbocycles. The number of nitrogens with two attached hydrogens (primary N) is 1. The molecule has 1 saturated heterocycles. The molecule has 2 N–H and O–H groups in total. The number of anilines is 1. The maximum Gasteiger partial charge on any atom is 0.306 e. The van der Waals surface area contributed by atoms with E-state index >= 15 is 0 Å². The number of amides is 1. The van der Waals surface area contributed by atoms with Crippen LogP contribution in [0.3, 0.4) is 0 Å². The SMILES string of the molecule is CS(=O)(=O)Oc1c(N2CCOCC2)ccc(C(N)=O)c1C1CCc2ccccc2C1. The molecular formula is C22H26N2O5S. The summed E-state index contributed by atoms with van der Waals surface area (Å²) in [4.78, 5) is 14.3. The van der Waals surface area contributed by atoms with Gasteiger partial charge in [0.05, 0.1) is 25.2 Å². The molecule has 2 aromatic carbocycles. The fraction of sp³-hybridized carbons (Fsp3) is 0.409. The topological polar surface area (TPSA) is 98.9 Å². The Bertz CT molecular complexity index is 1060. The van der Waals surface area contributed by atoms with E-state index in [9.17, 15) is 13.2 Å². The van der Waals surface area contributed by atoms with Crippen LogP contribution in [0.15, 0.2) is 36.4 Å². The molecular weight excluding hydrogens is 404 g/mol. The number of ether oxygens (including phenoxy) is 1. The Hall–Kier alpha value is -2.58. The summed E-state index contributed by atoms with van der Waals surface area (Å²) in [6, 6.07) is 11.6. The smallest absolute Gasteiger partial charge is 0.306 e. The van der Waals surface area contributed by atoms with E-state index in [4.69, 9.17) is 14.7 Å². The zero-order valence-electron chi connectivity index (χ0n) is 17.0. The van der Waals surface area contributed by atoms with E-state index < -0.39 is 16.0 Å². The van der Waals surface area contributed by atoms with Gasteiger partial charge in [-0.3, -0.25) is 4.79 Å². The van der Waals surface area contributed by atoms with E-state index in [0.717, 1.165) is 19.1 Å². The van der Waals surface area contributed by atoms with Gasteiger partial charge in [0.15, 0.2) is 5.75 Å². The molecule has 0 radical (unpaired) electrons. The van der Waals surface area contributed by atoms with E-state index in [1.807, 2.05) is 17.0 Å². The maximum atomic E-state index is 12.3. The van der Waals surface area contributed by atoms with Crippen LogP contribution >= 0.6 is 0 Å². The minimum Gasteiger partial charge on any atom is -0.380 e. The third-order valence-corrected chi connectivity index (χ3v) is 6.25. The summed E-state index contributed by atoms with van der Waals surface area (Å²) in [5.74, 6) is -0.434. The molecule has 2 aromatic rings. The standard InChI is InChI=1S/C22H26N2O5S/c1-30(26,27)29-21-19(24-10-12-28-13-11-24)9-8-18(22(23)25)20(21)17-7-6-15-4-2-3-5-16(15)14-17/h2-5,8-9,17H,6-7,10-14H2,1H3,(H2,23,25). The third-order valence-electron chi connectivity index (χ3n) is 5.78. The molecule has 4 rings (SSSR count). The number of morpholine rings is 1. The number of nitrogens with zero attached hydrogens (tertiary/aromatic N) is 1. The van der Waals surface area contributed by atoms with Crippen LogP contribution in [0.4, 0.5) is 5.69 Å². The van der Waals surface area contributed by atoms with Gasteiger partial charge in [-0.1, -0.05) is 24.3 Å². The van der Waals surface area contributed by atoms with Gasteiger partial charge in [0.25, 0.3) is 0 Å². The van der Waals surface area contributed by atoms with Gasteiger partial charge in [-0.15, -0.1) is 0 Å². The summed E-state index contributed by atoms with van der Waals surface area (Å²) in [7, 11) is -3.81. The van der Waals surface area contributed by atoms with Crippen molar-refractivity contribution in [3.8, 4) is 5.75 Å². The van der Waals surface area contributed by atoms with E-state index in [2.05, 4.69) is 12.1 Å². The van der Waals surface area contributed by atoms with Gasteiger partial charge in [0.2, 0.25) is 5.91 Å². The maximum absolute atomic E-state index is 12.3. The molecule has 30 heavy (non-hydrogen) atoms. The first kappa shape index (κ1) is 20.7. The van der Waals surface area contributed by atoms with Crippen LogP contribution in [0, 0.1) is 0 Å². The number of aryl methyl sites for hydroxylation is 1. The van der Waals surface area contributed by atoms with Crippen LogP contribution in [-0.4, -0.2) is 46.9 Å². The molecule has 0 saturated carbocycles. The highest BCUT2D eigenvalue weighted by Crippen LogP contribution is 2.44. The summed E-state index contributed by atoms with van der Waals surface area (Å²) in [6.45, 7) is 2.32. The molecule has 1 aliphatic heterocycles. The predicted molar refractivity (Wildman–Crippen MR) is 115 cm³/mol. The van der Waals surface area contributed by atoms with E-state index in [1.165, 1.54) is 11.1 Å². The van der Waals surface area contributed by atoms with Crippen molar-refractivity contribution in [3.63, 3.8) is 0 Å². The number of hydrogen-bond acceptors (Lipinski definition) is 6. The average Bonchev–Trinajstić information content (AvgIpc) is 2.72. The quantitative estimate of drug-likeness (QED) is 0.731. The Kier molecular flexibility index (Phi) is 5.71. The lowest BCUT2D eigenvalue weighted by atomic mass is 9.78. The number of benzene rings is 2. The Morgan fingerprint density at radius 1 is 1.13 bits per heavy atom. The van der Waals surface area contributed by atoms with Gasteiger partial charge >= 0.3 is 10.1 Å². The molecule has 2 aliphatic rings. The average molecular weight is 431 g/mol.